The summed E-state index contributed by atoms with van der Waals surface area (Å²) in [6.07, 6.45) is 10.5. The van der Waals surface area contributed by atoms with Crippen molar-refractivity contribution in [1.29, 1.82) is 0 Å². The van der Waals surface area contributed by atoms with Crippen LogP contribution >= 0.6 is 0 Å². The summed E-state index contributed by atoms with van der Waals surface area (Å²) in [4.78, 5) is 23.2. The van der Waals surface area contributed by atoms with Crippen molar-refractivity contribution in [3.8, 4) is 0 Å². The summed E-state index contributed by atoms with van der Waals surface area (Å²) in [6.45, 7) is 10.4. The molecular weight excluding hydrogens is 350 g/mol. The van der Waals surface area contributed by atoms with Gasteiger partial charge in [0.1, 0.15) is 6.10 Å². The average molecular weight is 388 g/mol. The third-order valence-corrected chi connectivity index (χ3v) is 9.09. The first-order valence-electron chi connectivity index (χ1n) is 11.3. The number of rotatable bonds is 2. The van der Waals surface area contributed by atoms with Gasteiger partial charge >= 0.3 is 5.97 Å². The number of carbonyl (C=O) groups excluding carboxylic acids is 2. The molecule has 0 aromatic rings. The lowest BCUT2D eigenvalue weighted by molar-refractivity contribution is -0.148. The van der Waals surface area contributed by atoms with Crippen molar-refractivity contribution in [2.75, 3.05) is 0 Å². The van der Waals surface area contributed by atoms with Crippen LogP contribution in [0, 0.1) is 34.5 Å². The molecule has 3 fully saturated rings. The molecule has 0 aromatic carbocycles. The smallest absolute Gasteiger partial charge is 0.302 e. The van der Waals surface area contributed by atoms with Gasteiger partial charge < -0.3 is 10.1 Å². The lowest BCUT2D eigenvalue weighted by Gasteiger charge is -2.58. The average Bonchev–Trinajstić information content (AvgIpc) is 2.85. The standard InChI is InChI=1S/C24H37NO3/c1-14-12-21-19-7-6-17-13-18(28-16(3)27)8-10-23(17,4)20(19)9-11-24(21,5)22(14)25-15(2)26/h6,14,18-22H,7-13H2,1-5H3,(H,25,26)/t14-,18?,19?,20?,21?,22?,23+,24+/m1/s1. The fourth-order valence-corrected chi connectivity index (χ4v) is 7.85. The van der Waals surface area contributed by atoms with E-state index in [0.717, 1.165) is 37.5 Å². The molecular formula is C24H37NO3. The summed E-state index contributed by atoms with van der Waals surface area (Å²) < 4.78 is 5.55. The number of allylic oxidation sites excluding steroid dienone is 1. The Balaban J connectivity index is 1.58. The predicted octanol–water partition coefficient (Wildman–Crippen LogP) is 4.63. The van der Waals surface area contributed by atoms with E-state index in [-0.39, 0.29) is 28.8 Å². The van der Waals surface area contributed by atoms with Gasteiger partial charge in [-0.15, -0.1) is 0 Å². The van der Waals surface area contributed by atoms with E-state index in [2.05, 4.69) is 32.2 Å². The zero-order valence-corrected chi connectivity index (χ0v) is 18.2. The van der Waals surface area contributed by atoms with Gasteiger partial charge in [-0.25, -0.2) is 0 Å². The van der Waals surface area contributed by atoms with Crippen LogP contribution in [0.15, 0.2) is 11.6 Å². The minimum absolute atomic E-state index is 0.0675. The van der Waals surface area contributed by atoms with Gasteiger partial charge in [0.25, 0.3) is 0 Å². The Hall–Kier alpha value is -1.32. The maximum Gasteiger partial charge on any atom is 0.302 e. The van der Waals surface area contributed by atoms with E-state index in [1.165, 1.54) is 26.2 Å². The number of hydrogen-bond donors (Lipinski definition) is 1. The molecule has 0 saturated heterocycles. The zero-order valence-electron chi connectivity index (χ0n) is 18.2. The summed E-state index contributed by atoms with van der Waals surface area (Å²) in [5, 5.41) is 3.31. The summed E-state index contributed by atoms with van der Waals surface area (Å²) in [5.74, 6) is 2.66. The quantitative estimate of drug-likeness (QED) is 0.555. The van der Waals surface area contributed by atoms with Crippen molar-refractivity contribution < 1.29 is 14.3 Å². The highest BCUT2D eigenvalue weighted by molar-refractivity contribution is 5.73. The van der Waals surface area contributed by atoms with Gasteiger partial charge in [0.15, 0.2) is 0 Å². The molecule has 1 amide bonds. The SMILES string of the molecule is CC(=O)NC1[C@H](C)CC2C3CC=C4CC(OC(C)=O)CC[C@]4(C)C3CC[C@@]21C. The molecule has 8 atom stereocenters. The highest BCUT2D eigenvalue weighted by Crippen LogP contribution is 2.65. The monoisotopic (exact) mass is 387 g/mol. The van der Waals surface area contributed by atoms with Gasteiger partial charge in [-0.2, -0.15) is 0 Å². The van der Waals surface area contributed by atoms with Crippen LogP contribution in [0.5, 0.6) is 0 Å². The van der Waals surface area contributed by atoms with Gasteiger partial charge in [-0.1, -0.05) is 32.4 Å². The molecule has 0 aromatic heterocycles. The van der Waals surface area contributed by atoms with Crippen molar-refractivity contribution in [3.05, 3.63) is 11.6 Å². The van der Waals surface area contributed by atoms with Crippen molar-refractivity contribution in [3.63, 3.8) is 0 Å². The summed E-state index contributed by atoms with van der Waals surface area (Å²) in [6, 6.07) is 0.314. The van der Waals surface area contributed by atoms with E-state index < -0.39 is 0 Å². The van der Waals surface area contributed by atoms with Crippen LogP contribution in [-0.2, 0) is 14.3 Å². The van der Waals surface area contributed by atoms with Gasteiger partial charge in [-0.3, -0.25) is 9.59 Å². The number of fused-ring (bicyclic) bond motifs is 5. The van der Waals surface area contributed by atoms with Crippen LogP contribution in [0.2, 0.25) is 0 Å². The lowest BCUT2D eigenvalue weighted by Crippen LogP contribution is -2.54. The molecule has 156 valence electrons. The molecule has 3 saturated carbocycles. The van der Waals surface area contributed by atoms with Crippen LogP contribution in [0.4, 0.5) is 0 Å². The summed E-state index contributed by atoms with van der Waals surface area (Å²) in [7, 11) is 0. The Morgan fingerprint density at radius 1 is 1.14 bits per heavy atom. The molecule has 4 aliphatic rings. The molecule has 28 heavy (non-hydrogen) atoms. The van der Waals surface area contributed by atoms with Crippen molar-refractivity contribution in [2.45, 2.75) is 91.7 Å². The van der Waals surface area contributed by atoms with E-state index in [0.29, 0.717) is 17.9 Å². The van der Waals surface area contributed by atoms with E-state index in [9.17, 15) is 9.59 Å². The molecule has 0 heterocycles. The van der Waals surface area contributed by atoms with Gasteiger partial charge in [0.2, 0.25) is 5.91 Å². The normalized spacial score (nSPS) is 47.2. The number of nitrogens with one attached hydrogen (secondary N) is 1. The van der Waals surface area contributed by atoms with Crippen LogP contribution in [0.25, 0.3) is 0 Å². The molecule has 4 nitrogen and oxygen atoms in total. The molecule has 5 unspecified atom stereocenters. The number of ether oxygens (including phenoxy) is 1. The van der Waals surface area contributed by atoms with Gasteiger partial charge in [0, 0.05) is 26.3 Å². The molecule has 0 radical (unpaired) electrons. The molecule has 0 bridgehead atoms. The van der Waals surface area contributed by atoms with E-state index in [4.69, 9.17) is 4.74 Å². The Morgan fingerprint density at radius 2 is 1.89 bits per heavy atom. The third kappa shape index (κ3) is 3.02. The van der Waals surface area contributed by atoms with Crippen LogP contribution in [0.3, 0.4) is 0 Å². The molecule has 0 aliphatic heterocycles. The molecule has 4 rings (SSSR count). The largest absolute Gasteiger partial charge is 0.462 e. The first-order chi connectivity index (χ1) is 13.1. The van der Waals surface area contributed by atoms with Gasteiger partial charge in [-0.05, 0) is 73.0 Å². The maximum absolute atomic E-state index is 11.8. The Bertz CT molecular complexity index is 700. The maximum atomic E-state index is 11.8. The Morgan fingerprint density at radius 3 is 2.57 bits per heavy atom. The van der Waals surface area contributed by atoms with E-state index >= 15 is 0 Å². The van der Waals surface area contributed by atoms with E-state index in [1.807, 2.05) is 0 Å². The molecule has 4 heteroatoms. The highest BCUT2D eigenvalue weighted by atomic mass is 16.5. The van der Waals surface area contributed by atoms with Crippen LogP contribution in [-0.4, -0.2) is 24.0 Å². The first-order valence-corrected chi connectivity index (χ1v) is 11.3. The second-order valence-electron chi connectivity index (χ2n) is 10.7. The van der Waals surface area contributed by atoms with Gasteiger partial charge in [0.05, 0.1) is 0 Å². The number of carbonyl (C=O) groups is 2. The lowest BCUT2D eigenvalue weighted by atomic mass is 9.48. The van der Waals surface area contributed by atoms with E-state index in [1.54, 1.807) is 12.5 Å². The van der Waals surface area contributed by atoms with Crippen LogP contribution in [0.1, 0.15) is 79.6 Å². The Labute approximate surface area is 169 Å². The molecule has 4 aliphatic carbocycles. The minimum Gasteiger partial charge on any atom is -0.462 e. The highest BCUT2D eigenvalue weighted by Gasteiger charge is 2.60. The van der Waals surface area contributed by atoms with Crippen LogP contribution < -0.4 is 5.32 Å². The third-order valence-electron chi connectivity index (χ3n) is 9.09. The number of hydrogen-bond acceptors (Lipinski definition) is 3. The number of esters is 1. The summed E-state index contributed by atoms with van der Waals surface area (Å²) in [5.41, 5.74) is 2.03. The first kappa shape index (κ1) is 20.0. The number of amides is 1. The molecule has 1 N–H and O–H groups in total. The summed E-state index contributed by atoms with van der Waals surface area (Å²) >= 11 is 0. The predicted molar refractivity (Wildman–Crippen MR) is 109 cm³/mol. The fraction of sp³-hybridized carbons (Fsp3) is 0.833. The van der Waals surface area contributed by atoms with Crippen molar-refractivity contribution in [2.24, 2.45) is 34.5 Å². The topological polar surface area (TPSA) is 55.4 Å². The second kappa shape index (κ2) is 6.88. The zero-order chi connectivity index (χ0) is 20.3. The van der Waals surface area contributed by atoms with Crippen molar-refractivity contribution >= 4 is 11.9 Å². The fourth-order valence-electron chi connectivity index (χ4n) is 7.85. The minimum atomic E-state index is -0.153. The Kier molecular flexibility index (Phi) is 4.91. The second-order valence-corrected chi connectivity index (χ2v) is 10.7. The molecule has 0 spiro atoms. The van der Waals surface area contributed by atoms with Crippen molar-refractivity contribution in [1.82, 2.24) is 5.32 Å².